The molecule has 0 aliphatic heterocycles. The van der Waals surface area contributed by atoms with Crippen LogP contribution in [0, 0.1) is 23.7 Å². The molecular formula is C34H66O3S2. The van der Waals surface area contributed by atoms with E-state index in [-0.39, 0.29) is 10.1 Å². The lowest BCUT2D eigenvalue weighted by Crippen LogP contribution is -2.20. The van der Waals surface area contributed by atoms with Crippen LogP contribution in [0.25, 0.3) is 0 Å². The summed E-state index contributed by atoms with van der Waals surface area (Å²) in [6.07, 6.45) is 27.0. The zero-order valence-electron chi connectivity index (χ0n) is 26.4. The molecule has 39 heavy (non-hydrogen) atoms. The molecule has 4 unspecified atom stereocenters. The van der Waals surface area contributed by atoms with Gasteiger partial charge in [0.15, 0.2) is 10.1 Å². The molecule has 0 aromatic heterocycles. The summed E-state index contributed by atoms with van der Waals surface area (Å²) in [7, 11) is 0. The largest absolute Gasteiger partial charge is 0.502 e. The van der Waals surface area contributed by atoms with E-state index in [1.807, 2.05) is 0 Å². The Bertz CT molecular complexity index is 521. The zero-order valence-corrected chi connectivity index (χ0v) is 28.0. The Balaban J connectivity index is 4.27. The van der Waals surface area contributed by atoms with E-state index < -0.39 is 0 Å². The first-order valence-electron chi connectivity index (χ1n) is 16.8. The molecule has 0 amide bonds. The van der Waals surface area contributed by atoms with Crippen molar-refractivity contribution in [1.82, 2.24) is 0 Å². The average Bonchev–Trinajstić information content (AvgIpc) is 2.89. The van der Waals surface area contributed by atoms with Crippen LogP contribution >= 0.6 is 24.4 Å². The maximum Gasteiger partial charge on any atom is 0.156 e. The maximum atomic E-state index is 9.81. The molecular weight excluding hydrogens is 521 g/mol. The number of ether oxygens (including phenoxy) is 1. The van der Waals surface area contributed by atoms with E-state index in [0.717, 1.165) is 12.8 Å². The van der Waals surface area contributed by atoms with E-state index in [9.17, 15) is 10.2 Å². The molecule has 0 heterocycles. The van der Waals surface area contributed by atoms with Crippen LogP contribution in [0.4, 0.5) is 0 Å². The molecule has 0 bridgehead atoms. The minimum Gasteiger partial charge on any atom is -0.502 e. The minimum absolute atomic E-state index is 0.133. The van der Waals surface area contributed by atoms with Gasteiger partial charge in [-0.25, -0.2) is 0 Å². The van der Waals surface area contributed by atoms with Gasteiger partial charge in [0, 0.05) is 26.1 Å². The Labute approximate surface area is 254 Å². The van der Waals surface area contributed by atoms with E-state index in [2.05, 4.69) is 27.7 Å². The fraction of sp³-hybridized carbons (Fsp3) is 0.941. The number of aliphatic hydroxyl groups excluding tert-OH is 2. The lowest BCUT2D eigenvalue weighted by molar-refractivity contribution is 0.0926. The topological polar surface area (TPSA) is 49.7 Å². The van der Waals surface area contributed by atoms with Crippen LogP contribution in [0.1, 0.15) is 169 Å². The summed E-state index contributed by atoms with van der Waals surface area (Å²) in [5.74, 6) is 1.86. The van der Waals surface area contributed by atoms with Crippen molar-refractivity contribution in [1.29, 1.82) is 0 Å². The van der Waals surface area contributed by atoms with Crippen molar-refractivity contribution >= 4 is 34.5 Å². The molecule has 0 saturated heterocycles. The fourth-order valence-corrected chi connectivity index (χ4v) is 6.30. The predicted octanol–water partition coefficient (Wildman–Crippen LogP) is 11.9. The van der Waals surface area contributed by atoms with Gasteiger partial charge in [0.1, 0.15) is 0 Å². The first kappa shape index (κ1) is 38.7. The van der Waals surface area contributed by atoms with E-state index in [1.165, 1.54) is 116 Å². The lowest BCUT2D eigenvalue weighted by Gasteiger charge is -2.25. The third-order valence-corrected chi connectivity index (χ3v) is 9.11. The molecule has 0 aliphatic rings. The highest BCUT2D eigenvalue weighted by Crippen LogP contribution is 2.28. The SMILES string of the molecule is CCCCCCCCCCC(C)C(CCOCCC(CC(O)=S)C(C)CCCCCCCCCC)CC(O)=S. The van der Waals surface area contributed by atoms with Crippen molar-refractivity contribution in [3.8, 4) is 0 Å². The van der Waals surface area contributed by atoms with E-state index in [1.54, 1.807) is 0 Å². The van der Waals surface area contributed by atoms with Crippen LogP contribution in [0.2, 0.25) is 0 Å². The summed E-state index contributed by atoms with van der Waals surface area (Å²) in [5.41, 5.74) is 0. The number of hydrogen-bond donors (Lipinski definition) is 2. The van der Waals surface area contributed by atoms with Crippen LogP contribution in [-0.4, -0.2) is 33.5 Å². The molecule has 0 aliphatic carbocycles. The highest BCUT2D eigenvalue weighted by atomic mass is 32.1. The second-order valence-electron chi connectivity index (χ2n) is 12.4. The van der Waals surface area contributed by atoms with Crippen LogP contribution < -0.4 is 0 Å². The third kappa shape index (κ3) is 25.2. The molecule has 232 valence electrons. The van der Waals surface area contributed by atoms with E-state index >= 15 is 0 Å². The summed E-state index contributed by atoms with van der Waals surface area (Å²) in [6, 6.07) is 0. The molecule has 0 radical (unpaired) electrons. The molecule has 2 N–H and O–H groups in total. The highest BCUT2D eigenvalue weighted by Gasteiger charge is 2.21. The van der Waals surface area contributed by atoms with Crippen molar-refractivity contribution in [2.45, 2.75) is 169 Å². The predicted molar refractivity (Wildman–Crippen MR) is 180 cm³/mol. The van der Waals surface area contributed by atoms with Crippen molar-refractivity contribution < 1.29 is 14.9 Å². The second kappa shape index (κ2) is 27.9. The zero-order chi connectivity index (χ0) is 29.1. The number of aliphatic hydroxyl groups is 2. The molecule has 0 fully saturated rings. The number of rotatable bonds is 30. The Hall–Kier alpha value is -0.260. The molecule has 3 nitrogen and oxygen atoms in total. The van der Waals surface area contributed by atoms with Gasteiger partial charge in [-0.2, -0.15) is 0 Å². The van der Waals surface area contributed by atoms with Crippen LogP contribution in [0.3, 0.4) is 0 Å². The van der Waals surface area contributed by atoms with Crippen molar-refractivity contribution in [2.24, 2.45) is 23.7 Å². The summed E-state index contributed by atoms with van der Waals surface area (Å²) in [4.78, 5) is 0. The molecule has 0 spiro atoms. The summed E-state index contributed by atoms with van der Waals surface area (Å²) < 4.78 is 6.09. The first-order chi connectivity index (χ1) is 18.8. The normalized spacial score (nSPS) is 14.7. The van der Waals surface area contributed by atoms with E-state index in [4.69, 9.17) is 29.2 Å². The van der Waals surface area contributed by atoms with Gasteiger partial charge in [-0.1, -0.05) is 143 Å². The van der Waals surface area contributed by atoms with Crippen LogP contribution in [0.15, 0.2) is 0 Å². The van der Waals surface area contributed by atoms with Gasteiger partial charge in [0.05, 0.1) is 0 Å². The average molecular weight is 587 g/mol. The number of hydrogen-bond acceptors (Lipinski definition) is 3. The van der Waals surface area contributed by atoms with Gasteiger partial charge in [-0.15, -0.1) is 0 Å². The summed E-state index contributed by atoms with van der Waals surface area (Å²) in [6.45, 7) is 10.6. The van der Waals surface area contributed by atoms with Crippen molar-refractivity contribution in [2.75, 3.05) is 13.2 Å². The Kier molecular flexibility index (Phi) is 27.7. The maximum absolute atomic E-state index is 9.81. The third-order valence-electron chi connectivity index (χ3n) is 8.78. The minimum atomic E-state index is 0.133. The monoisotopic (exact) mass is 586 g/mol. The van der Waals surface area contributed by atoms with Crippen molar-refractivity contribution in [3.05, 3.63) is 0 Å². The van der Waals surface area contributed by atoms with Crippen LogP contribution in [0.5, 0.6) is 0 Å². The highest BCUT2D eigenvalue weighted by molar-refractivity contribution is 7.80. The van der Waals surface area contributed by atoms with Gasteiger partial charge >= 0.3 is 0 Å². The molecule has 0 rings (SSSR count). The fourth-order valence-electron chi connectivity index (χ4n) is 5.87. The lowest BCUT2D eigenvalue weighted by atomic mass is 9.84. The van der Waals surface area contributed by atoms with Gasteiger partial charge < -0.3 is 14.9 Å². The van der Waals surface area contributed by atoms with Gasteiger partial charge in [-0.05, 0) is 60.9 Å². The Morgan fingerprint density at radius 2 is 0.821 bits per heavy atom. The van der Waals surface area contributed by atoms with Crippen LogP contribution in [-0.2, 0) is 4.74 Å². The number of thiocarbonyl (C=S) groups is 2. The molecule has 5 heteroatoms. The molecule has 0 aromatic carbocycles. The van der Waals surface area contributed by atoms with Crippen molar-refractivity contribution in [3.63, 3.8) is 0 Å². The number of unbranched alkanes of at least 4 members (excludes halogenated alkanes) is 14. The first-order valence-corrected chi connectivity index (χ1v) is 17.6. The Morgan fingerprint density at radius 1 is 0.513 bits per heavy atom. The van der Waals surface area contributed by atoms with Gasteiger partial charge in [0.25, 0.3) is 0 Å². The molecule has 0 saturated carbocycles. The standard InChI is InChI=1S/C34H66O3S2/c1-5-7-9-11-13-15-17-19-21-29(3)31(27-33(35)38)23-25-37-26-24-32(28-34(36)39)30(4)22-20-18-16-14-12-10-8-6-2/h29-32H,5-28H2,1-4H3,(H,35,38)(H,36,39). The molecule has 4 atom stereocenters. The second-order valence-corrected chi connectivity index (χ2v) is 13.3. The smallest absolute Gasteiger partial charge is 0.156 e. The molecule has 0 aromatic rings. The Morgan fingerprint density at radius 3 is 1.13 bits per heavy atom. The van der Waals surface area contributed by atoms with E-state index in [0.29, 0.717) is 49.7 Å². The summed E-state index contributed by atoms with van der Waals surface area (Å²) in [5, 5.41) is 19.9. The van der Waals surface area contributed by atoms with Gasteiger partial charge in [-0.3, -0.25) is 0 Å². The quantitative estimate of drug-likeness (QED) is 0.0647. The van der Waals surface area contributed by atoms with Gasteiger partial charge in [0.2, 0.25) is 0 Å². The summed E-state index contributed by atoms with van der Waals surface area (Å²) >= 11 is 10.1.